The van der Waals surface area contributed by atoms with E-state index in [4.69, 9.17) is 5.11 Å². The summed E-state index contributed by atoms with van der Waals surface area (Å²) in [6.07, 6.45) is 11.0. The van der Waals surface area contributed by atoms with Gasteiger partial charge in [0.2, 0.25) is 0 Å². The number of aliphatic hydroxyl groups is 1. The zero-order valence-corrected chi connectivity index (χ0v) is 12.3. The first-order chi connectivity index (χ1) is 7.24. The van der Waals surface area contributed by atoms with Crippen molar-refractivity contribution in [3.63, 3.8) is 0 Å². The number of halogens is 2. The van der Waals surface area contributed by atoms with Crippen LogP contribution in [0.1, 0.15) is 44.9 Å². The van der Waals surface area contributed by atoms with Crippen LogP contribution >= 0.6 is 31.9 Å². The third-order valence-corrected chi connectivity index (χ3v) is 3.79. The summed E-state index contributed by atoms with van der Waals surface area (Å²) in [5.41, 5.74) is 0. The van der Waals surface area contributed by atoms with Gasteiger partial charge < -0.3 is 5.11 Å². The molecule has 0 aromatic carbocycles. The highest BCUT2D eigenvalue weighted by atomic mass is 79.9. The third kappa shape index (κ3) is 6.75. The lowest BCUT2D eigenvalue weighted by Crippen LogP contribution is -1.86. The molecular weight excluding hydrogens is 320 g/mol. The minimum atomic E-state index is 0.359. The molecule has 0 spiro atoms. The molecule has 15 heavy (non-hydrogen) atoms. The van der Waals surface area contributed by atoms with Crippen molar-refractivity contribution in [3.8, 4) is 0 Å². The quantitative estimate of drug-likeness (QED) is 0.641. The Morgan fingerprint density at radius 3 is 2.53 bits per heavy atom. The number of allylic oxidation sites excluding steroid dienone is 1. The van der Waals surface area contributed by atoms with Crippen molar-refractivity contribution < 1.29 is 5.11 Å². The molecule has 0 aromatic rings. The largest absolute Gasteiger partial charge is 0.396 e. The number of aliphatic hydroxyl groups excluding tert-OH is 1. The number of hydrogen-bond acceptors (Lipinski definition) is 1. The Labute approximate surface area is 110 Å². The number of rotatable bonds is 8. The summed E-state index contributed by atoms with van der Waals surface area (Å²) >= 11 is 6.75. The fourth-order valence-electron chi connectivity index (χ4n) is 2.12. The van der Waals surface area contributed by atoms with Gasteiger partial charge in [-0.05, 0) is 69.4 Å². The van der Waals surface area contributed by atoms with Gasteiger partial charge >= 0.3 is 0 Å². The summed E-state index contributed by atoms with van der Waals surface area (Å²) in [5.74, 6) is 1.97. The Bertz CT molecular complexity index is 200. The SMILES string of the molecule is OCCCCCC1CC1CCC=C(Br)Br. The zero-order valence-electron chi connectivity index (χ0n) is 9.09. The molecule has 0 saturated heterocycles. The van der Waals surface area contributed by atoms with E-state index in [2.05, 4.69) is 37.9 Å². The monoisotopic (exact) mass is 338 g/mol. The lowest BCUT2D eigenvalue weighted by Gasteiger charge is -1.99. The maximum atomic E-state index is 8.65. The fraction of sp³-hybridized carbons (Fsp3) is 0.833. The summed E-state index contributed by atoms with van der Waals surface area (Å²) < 4.78 is 1.08. The molecule has 0 aliphatic heterocycles. The van der Waals surface area contributed by atoms with E-state index in [1.165, 1.54) is 38.5 Å². The maximum Gasteiger partial charge on any atom is 0.0564 e. The molecule has 0 radical (unpaired) electrons. The van der Waals surface area contributed by atoms with E-state index in [0.29, 0.717) is 6.61 Å². The van der Waals surface area contributed by atoms with Crippen LogP contribution in [0.2, 0.25) is 0 Å². The minimum Gasteiger partial charge on any atom is -0.396 e. The summed E-state index contributed by atoms with van der Waals surface area (Å²) in [6, 6.07) is 0. The normalized spacial score (nSPS) is 23.9. The second kappa shape index (κ2) is 7.86. The Balaban J connectivity index is 1.91. The zero-order chi connectivity index (χ0) is 11.1. The summed E-state index contributed by atoms with van der Waals surface area (Å²) in [4.78, 5) is 0. The van der Waals surface area contributed by atoms with Crippen molar-refractivity contribution in [2.45, 2.75) is 44.9 Å². The highest BCUT2D eigenvalue weighted by molar-refractivity contribution is 9.28. The minimum absolute atomic E-state index is 0.359. The predicted molar refractivity (Wildman–Crippen MR) is 72.3 cm³/mol. The summed E-state index contributed by atoms with van der Waals surface area (Å²) in [6.45, 7) is 0.359. The van der Waals surface area contributed by atoms with Crippen LogP contribution in [0.3, 0.4) is 0 Å². The number of unbranched alkanes of at least 4 members (excludes halogenated alkanes) is 2. The van der Waals surface area contributed by atoms with Gasteiger partial charge in [0.05, 0.1) is 3.39 Å². The molecule has 1 aliphatic rings. The van der Waals surface area contributed by atoms with Crippen LogP contribution in [0.5, 0.6) is 0 Å². The Kier molecular flexibility index (Phi) is 7.19. The second-order valence-corrected chi connectivity index (χ2v) is 7.17. The standard InChI is InChI=1S/C12H20Br2O/c13-12(14)7-4-6-11-9-10(11)5-2-1-3-8-15/h7,10-11,15H,1-6,8-9H2. The molecule has 1 aliphatic carbocycles. The second-order valence-electron chi connectivity index (χ2n) is 4.40. The number of hydrogen-bond donors (Lipinski definition) is 1. The first kappa shape index (κ1) is 13.7. The molecule has 1 N–H and O–H groups in total. The molecule has 2 unspecified atom stereocenters. The smallest absolute Gasteiger partial charge is 0.0564 e. The molecule has 2 atom stereocenters. The van der Waals surface area contributed by atoms with Gasteiger partial charge in [0.1, 0.15) is 0 Å². The van der Waals surface area contributed by atoms with Crippen molar-refractivity contribution in [1.82, 2.24) is 0 Å². The van der Waals surface area contributed by atoms with Crippen LogP contribution in [0.15, 0.2) is 9.47 Å². The first-order valence-electron chi connectivity index (χ1n) is 5.86. The van der Waals surface area contributed by atoms with E-state index >= 15 is 0 Å². The van der Waals surface area contributed by atoms with E-state index in [1.54, 1.807) is 0 Å². The molecule has 1 rings (SSSR count). The van der Waals surface area contributed by atoms with Gasteiger partial charge in [-0.25, -0.2) is 0 Å². The van der Waals surface area contributed by atoms with Crippen LogP contribution in [0.25, 0.3) is 0 Å². The fourth-order valence-corrected chi connectivity index (χ4v) is 2.58. The van der Waals surface area contributed by atoms with Gasteiger partial charge in [0.25, 0.3) is 0 Å². The van der Waals surface area contributed by atoms with Crippen LogP contribution in [-0.2, 0) is 0 Å². The van der Waals surface area contributed by atoms with E-state index < -0.39 is 0 Å². The summed E-state index contributed by atoms with van der Waals surface area (Å²) in [5, 5.41) is 8.65. The topological polar surface area (TPSA) is 20.2 Å². The van der Waals surface area contributed by atoms with Crippen LogP contribution in [-0.4, -0.2) is 11.7 Å². The van der Waals surface area contributed by atoms with Crippen molar-refractivity contribution in [2.24, 2.45) is 11.8 Å². The highest BCUT2D eigenvalue weighted by Gasteiger charge is 2.34. The Morgan fingerprint density at radius 2 is 1.87 bits per heavy atom. The van der Waals surface area contributed by atoms with Crippen molar-refractivity contribution in [3.05, 3.63) is 9.47 Å². The highest BCUT2D eigenvalue weighted by Crippen LogP contribution is 2.45. The van der Waals surface area contributed by atoms with Gasteiger partial charge in [0.15, 0.2) is 0 Å². The molecule has 88 valence electrons. The van der Waals surface area contributed by atoms with Crippen molar-refractivity contribution in [2.75, 3.05) is 6.61 Å². The van der Waals surface area contributed by atoms with E-state index in [1.807, 2.05) is 0 Å². The lowest BCUT2D eigenvalue weighted by atomic mass is 10.1. The van der Waals surface area contributed by atoms with Crippen LogP contribution in [0.4, 0.5) is 0 Å². The molecule has 0 heterocycles. The van der Waals surface area contributed by atoms with Crippen molar-refractivity contribution in [1.29, 1.82) is 0 Å². The molecular formula is C12H20Br2O. The van der Waals surface area contributed by atoms with Crippen molar-refractivity contribution >= 4 is 31.9 Å². The first-order valence-corrected chi connectivity index (χ1v) is 7.44. The van der Waals surface area contributed by atoms with Crippen LogP contribution in [0, 0.1) is 11.8 Å². The molecule has 0 amide bonds. The van der Waals surface area contributed by atoms with Gasteiger partial charge in [-0.2, -0.15) is 0 Å². The van der Waals surface area contributed by atoms with E-state index in [0.717, 1.165) is 21.6 Å². The molecule has 0 aromatic heterocycles. The average Bonchev–Trinajstić information content (AvgIpc) is 2.91. The molecule has 1 nitrogen and oxygen atoms in total. The molecule has 1 saturated carbocycles. The molecule has 3 heteroatoms. The van der Waals surface area contributed by atoms with E-state index in [9.17, 15) is 0 Å². The third-order valence-electron chi connectivity index (χ3n) is 3.14. The van der Waals surface area contributed by atoms with Gasteiger partial charge in [-0.3, -0.25) is 0 Å². The van der Waals surface area contributed by atoms with Gasteiger partial charge in [-0.1, -0.05) is 25.3 Å². The summed E-state index contributed by atoms with van der Waals surface area (Å²) in [7, 11) is 0. The predicted octanol–water partition coefficient (Wildman–Crippen LogP) is 4.59. The Morgan fingerprint density at radius 1 is 1.13 bits per heavy atom. The average molecular weight is 340 g/mol. The Hall–Kier alpha value is 0.660. The van der Waals surface area contributed by atoms with Gasteiger partial charge in [0, 0.05) is 6.61 Å². The van der Waals surface area contributed by atoms with Gasteiger partial charge in [-0.15, -0.1) is 0 Å². The lowest BCUT2D eigenvalue weighted by molar-refractivity contribution is 0.282. The molecule has 1 fully saturated rings. The molecule has 0 bridgehead atoms. The maximum absolute atomic E-state index is 8.65. The van der Waals surface area contributed by atoms with E-state index in [-0.39, 0.29) is 0 Å². The van der Waals surface area contributed by atoms with Crippen LogP contribution < -0.4 is 0 Å².